The number of likely N-dealkylation sites (tertiary alicyclic amines) is 1. The average molecular weight is 347 g/mol. The topological polar surface area (TPSA) is 70.7 Å². The maximum atomic E-state index is 12.7. The number of carbonyl (C=O) groups is 2. The van der Waals surface area contributed by atoms with E-state index in [0.29, 0.717) is 31.8 Å². The normalized spacial score (nSPS) is 16.4. The maximum Gasteiger partial charge on any atom is 0.317 e. The minimum absolute atomic E-state index is 0.0344. The van der Waals surface area contributed by atoms with Crippen molar-refractivity contribution in [1.82, 2.24) is 15.5 Å². The second-order valence-corrected chi connectivity index (χ2v) is 6.67. The van der Waals surface area contributed by atoms with Gasteiger partial charge in [0, 0.05) is 44.5 Å². The Morgan fingerprint density at radius 2 is 2.00 bits per heavy atom. The molecule has 0 aromatic heterocycles. The number of hydrogen-bond acceptors (Lipinski definition) is 3. The highest BCUT2D eigenvalue weighted by molar-refractivity contribution is 5.94. The molecule has 0 atom stereocenters. The number of piperidine rings is 1. The summed E-state index contributed by atoms with van der Waals surface area (Å²) in [4.78, 5) is 26.5. The molecule has 1 aromatic carbocycles. The predicted molar refractivity (Wildman–Crippen MR) is 97.7 cm³/mol. The van der Waals surface area contributed by atoms with Gasteiger partial charge in [-0.1, -0.05) is 17.7 Å². The van der Waals surface area contributed by atoms with Crippen LogP contribution in [0.15, 0.2) is 24.3 Å². The number of carbonyl (C=O) groups excluding carboxylic acids is 2. The van der Waals surface area contributed by atoms with E-state index in [-0.39, 0.29) is 17.5 Å². The smallest absolute Gasteiger partial charge is 0.317 e. The van der Waals surface area contributed by atoms with E-state index in [1.54, 1.807) is 7.11 Å². The quantitative estimate of drug-likeness (QED) is 0.830. The molecule has 3 amide bonds. The molecule has 1 aliphatic heterocycles. The van der Waals surface area contributed by atoms with E-state index in [4.69, 9.17) is 4.74 Å². The van der Waals surface area contributed by atoms with Gasteiger partial charge in [0.1, 0.15) is 0 Å². The second kappa shape index (κ2) is 8.85. The molecule has 0 unspecified atom stereocenters. The molecule has 0 saturated carbocycles. The number of urea groups is 1. The molecule has 1 saturated heterocycles. The minimum Gasteiger partial charge on any atom is -0.385 e. The molecule has 1 aliphatic rings. The Morgan fingerprint density at radius 3 is 2.60 bits per heavy atom. The zero-order chi connectivity index (χ0) is 18.3. The van der Waals surface area contributed by atoms with Crippen molar-refractivity contribution in [3.8, 4) is 0 Å². The van der Waals surface area contributed by atoms with E-state index in [1.165, 1.54) is 0 Å². The highest BCUT2D eigenvalue weighted by Crippen LogP contribution is 2.27. The zero-order valence-electron chi connectivity index (χ0n) is 15.4. The van der Waals surface area contributed by atoms with Crippen LogP contribution >= 0.6 is 0 Å². The first-order valence-corrected chi connectivity index (χ1v) is 8.90. The van der Waals surface area contributed by atoms with Crippen LogP contribution in [0.2, 0.25) is 0 Å². The second-order valence-electron chi connectivity index (χ2n) is 6.67. The summed E-state index contributed by atoms with van der Waals surface area (Å²) in [6, 6.07) is 7.55. The molecule has 0 bridgehead atoms. The molecule has 6 nitrogen and oxygen atoms in total. The van der Waals surface area contributed by atoms with Crippen LogP contribution in [0.25, 0.3) is 0 Å². The number of aryl methyl sites for hydroxylation is 1. The van der Waals surface area contributed by atoms with E-state index < -0.39 is 0 Å². The molecule has 2 N–H and O–H groups in total. The van der Waals surface area contributed by atoms with Crippen LogP contribution in [0, 0.1) is 6.92 Å². The number of methoxy groups -OCH3 is 1. The molecule has 1 aromatic rings. The lowest BCUT2D eigenvalue weighted by Crippen LogP contribution is -2.57. The van der Waals surface area contributed by atoms with Gasteiger partial charge in [0.25, 0.3) is 5.91 Å². The molecule has 2 rings (SSSR count). The number of amides is 3. The standard InChI is InChI=1S/C19H29N3O3/c1-4-20-18(24)22-11-8-19(9-12-22,10-13-25-3)21-17(23)16-7-5-6-15(2)14-16/h5-7,14H,4,8-13H2,1-3H3,(H,20,24)(H,21,23). The van der Waals surface area contributed by atoms with Gasteiger partial charge in [-0.2, -0.15) is 0 Å². The van der Waals surface area contributed by atoms with Crippen molar-refractivity contribution in [1.29, 1.82) is 0 Å². The van der Waals surface area contributed by atoms with Crippen LogP contribution in [0.4, 0.5) is 4.79 Å². The summed E-state index contributed by atoms with van der Waals surface area (Å²) in [5.41, 5.74) is 1.40. The Hall–Kier alpha value is -2.08. The Morgan fingerprint density at radius 1 is 1.28 bits per heavy atom. The third-order valence-electron chi connectivity index (χ3n) is 4.78. The van der Waals surface area contributed by atoms with Crippen LogP contribution in [0.3, 0.4) is 0 Å². The van der Waals surface area contributed by atoms with E-state index in [1.807, 2.05) is 43.0 Å². The van der Waals surface area contributed by atoms with Crippen molar-refractivity contribution in [2.75, 3.05) is 33.4 Å². The van der Waals surface area contributed by atoms with E-state index in [2.05, 4.69) is 10.6 Å². The molecular weight excluding hydrogens is 318 g/mol. The molecule has 1 fully saturated rings. The fourth-order valence-electron chi connectivity index (χ4n) is 3.24. The number of rotatable bonds is 6. The summed E-state index contributed by atoms with van der Waals surface area (Å²) in [5, 5.41) is 6.06. The van der Waals surface area contributed by atoms with Crippen molar-refractivity contribution in [2.24, 2.45) is 0 Å². The van der Waals surface area contributed by atoms with Crippen LogP contribution in [-0.4, -0.2) is 55.7 Å². The summed E-state index contributed by atoms with van der Waals surface area (Å²) in [6.07, 6.45) is 2.19. The minimum atomic E-state index is -0.333. The molecule has 0 spiro atoms. The monoisotopic (exact) mass is 347 g/mol. The van der Waals surface area contributed by atoms with Gasteiger partial charge in [-0.3, -0.25) is 4.79 Å². The van der Waals surface area contributed by atoms with Crippen LogP contribution < -0.4 is 10.6 Å². The van der Waals surface area contributed by atoms with Gasteiger partial charge in [-0.05, 0) is 45.2 Å². The molecule has 0 radical (unpaired) electrons. The summed E-state index contributed by atoms with van der Waals surface area (Å²) in [5.74, 6) is -0.0636. The largest absolute Gasteiger partial charge is 0.385 e. The van der Waals surface area contributed by atoms with Crippen LogP contribution in [0.5, 0.6) is 0 Å². The fraction of sp³-hybridized carbons (Fsp3) is 0.579. The third kappa shape index (κ3) is 5.19. The molecular formula is C19H29N3O3. The highest BCUT2D eigenvalue weighted by atomic mass is 16.5. The lowest BCUT2D eigenvalue weighted by atomic mass is 9.84. The van der Waals surface area contributed by atoms with Crippen molar-refractivity contribution < 1.29 is 14.3 Å². The Balaban J connectivity index is 2.06. The summed E-state index contributed by atoms with van der Waals surface area (Å²) < 4.78 is 5.24. The number of nitrogens with zero attached hydrogens (tertiary/aromatic N) is 1. The van der Waals surface area contributed by atoms with Crippen molar-refractivity contribution in [3.63, 3.8) is 0 Å². The maximum absolute atomic E-state index is 12.7. The highest BCUT2D eigenvalue weighted by Gasteiger charge is 2.37. The summed E-state index contributed by atoms with van der Waals surface area (Å²) in [6.45, 7) is 6.34. The van der Waals surface area contributed by atoms with Gasteiger partial charge in [-0.25, -0.2) is 4.79 Å². The van der Waals surface area contributed by atoms with Gasteiger partial charge in [0.2, 0.25) is 0 Å². The fourth-order valence-corrected chi connectivity index (χ4v) is 3.24. The zero-order valence-corrected chi connectivity index (χ0v) is 15.4. The number of benzene rings is 1. The van der Waals surface area contributed by atoms with E-state index >= 15 is 0 Å². The van der Waals surface area contributed by atoms with Crippen molar-refractivity contribution in [2.45, 2.75) is 38.6 Å². The van der Waals surface area contributed by atoms with Gasteiger partial charge < -0.3 is 20.3 Å². The van der Waals surface area contributed by atoms with Crippen molar-refractivity contribution >= 4 is 11.9 Å². The molecule has 25 heavy (non-hydrogen) atoms. The first kappa shape index (κ1) is 19.2. The predicted octanol–water partition coefficient (Wildman–Crippen LogP) is 2.33. The van der Waals surface area contributed by atoms with Gasteiger partial charge in [0.15, 0.2) is 0 Å². The molecule has 138 valence electrons. The molecule has 0 aliphatic carbocycles. The third-order valence-corrected chi connectivity index (χ3v) is 4.78. The van der Waals surface area contributed by atoms with E-state index in [9.17, 15) is 9.59 Å². The summed E-state index contributed by atoms with van der Waals surface area (Å²) in [7, 11) is 1.67. The summed E-state index contributed by atoms with van der Waals surface area (Å²) >= 11 is 0. The lowest BCUT2D eigenvalue weighted by molar-refractivity contribution is 0.0746. The molecule has 6 heteroatoms. The van der Waals surface area contributed by atoms with Crippen LogP contribution in [-0.2, 0) is 4.74 Å². The molecule has 1 heterocycles. The number of nitrogens with one attached hydrogen (secondary N) is 2. The number of ether oxygens (including phenoxy) is 1. The first-order chi connectivity index (χ1) is 12.0. The van der Waals surface area contributed by atoms with Gasteiger partial charge >= 0.3 is 6.03 Å². The van der Waals surface area contributed by atoms with Crippen LogP contribution in [0.1, 0.15) is 42.1 Å². The Kier molecular flexibility index (Phi) is 6.82. The van der Waals surface area contributed by atoms with Gasteiger partial charge in [0.05, 0.1) is 0 Å². The Bertz CT molecular complexity index is 595. The SMILES string of the molecule is CCNC(=O)N1CCC(CCOC)(NC(=O)c2cccc(C)c2)CC1. The van der Waals surface area contributed by atoms with Gasteiger partial charge in [-0.15, -0.1) is 0 Å². The first-order valence-electron chi connectivity index (χ1n) is 8.90. The number of hydrogen-bond donors (Lipinski definition) is 2. The Labute approximate surface area is 149 Å². The van der Waals surface area contributed by atoms with Crippen molar-refractivity contribution in [3.05, 3.63) is 35.4 Å². The lowest BCUT2D eigenvalue weighted by Gasteiger charge is -2.42. The average Bonchev–Trinajstić information content (AvgIpc) is 2.61. The van der Waals surface area contributed by atoms with E-state index in [0.717, 1.165) is 24.8 Å².